The SMILES string of the molecule is CC(C)CC(CN)C(=O)NC1(C)CCS(=O)(=O)C1. The molecule has 3 N–H and O–H groups in total. The number of carbonyl (C=O) groups excluding carboxylic acids is 1. The van der Waals surface area contributed by atoms with E-state index in [0.717, 1.165) is 6.42 Å². The minimum atomic E-state index is -3.00. The molecule has 0 radical (unpaired) electrons. The maximum absolute atomic E-state index is 12.1. The number of hydrogen-bond donors (Lipinski definition) is 2. The fourth-order valence-corrected chi connectivity index (χ4v) is 4.48. The van der Waals surface area contributed by atoms with E-state index in [9.17, 15) is 13.2 Å². The van der Waals surface area contributed by atoms with Gasteiger partial charge in [0.15, 0.2) is 9.84 Å². The lowest BCUT2D eigenvalue weighted by atomic mass is 9.94. The van der Waals surface area contributed by atoms with Gasteiger partial charge in [-0.1, -0.05) is 13.8 Å². The Bertz CT molecular complexity index is 406. The lowest BCUT2D eigenvalue weighted by molar-refractivity contribution is -0.126. The number of sulfone groups is 1. The third-order valence-corrected chi connectivity index (χ3v) is 5.24. The van der Waals surface area contributed by atoms with Crippen LogP contribution in [0.1, 0.15) is 33.6 Å². The molecule has 1 amide bonds. The van der Waals surface area contributed by atoms with E-state index in [1.54, 1.807) is 6.92 Å². The number of rotatable bonds is 5. The third kappa shape index (κ3) is 4.24. The summed E-state index contributed by atoms with van der Waals surface area (Å²) in [5, 5.41) is 2.87. The molecule has 5 nitrogen and oxygen atoms in total. The van der Waals surface area contributed by atoms with Gasteiger partial charge in [0.05, 0.1) is 23.0 Å². The number of amides is 1. The zero-order chi connectivity index (χ0) is 14.0. The standard InChI is InChI=1S/C12H24N2O3S/c1-9(2)6-10(7-13)11(15)14-12(3)4-5-18(16,17)8-12/h9-10H,4-8,13H2,1-3H3,(H,14,15). The fourth-order valence-electron chi connectivity index (χ4n) is 2.39. The monoisotopic (exact) mass is 276 g/mol. The van der Waals surface area contributed by atoms with Gasteiger partial charge in [0.1, 0.15) is 0 Å². The van der Waals surface area contributed by atoms with E-state index in [-0.39, 0.29) is 23.3 Å². The third-order valence-electron chi connectivity index (χ3n) is 3.34. The van der Waals surface area contributed by atoms with Gasteiger partial charge in [0.25, 0.3) is 0 Å². The molecule has 1 aliphatic rings. The van der Waals surface area contributed by atoms with Crippen molar-refractivity contribution in [2.45, 2.75) is 39.2 Å². The van der Waals surface area contributed by atoms with E-state index in [1.807, 2.05) is 13.8 Å². The Morgan fingerprint density at radius 3 is 2.44 bits per heavy atom. The van der Waals surface area contributed by atoms with Crippen molar-refractivity contribution >= 4 is 15.7 Å². The van der Waals surface area contributed by atoms with Gasteiger partial charge in [0, 0.05) is 6.54 Å². The minimum Gasteiger partial charge on any atom is -0.350 e. The summed E-state index contributed by atoms with van der Waals surface area (Å²) in [5.41, 5.74) is 4.99. The van der Waals surface area contributed by atoms with Crippen LogP contribution in [0.15, 0.2) is 0 Å². The van der Waals surface area contributed by atoms with E-state index in [1.165, 1.54) is 0 Å². The second kappa shape index (κ2) is 5.57. The maximum atomic E-state index is 12.1. The zero-order valence-corrected chi connectivity index (χ0v) is 12.2. The highest BCUT2D eigenvalue weighted by atomic mass is 32.2. The number of nitrogens with two attached hydrogens (primary N) is 1. The molecule has 1 aliphatic heterocycles. The van der Waals surface area contributed by atoms with Crippen LogP contribution in [0.3, 0.4) is 0 Å². The summed E-state index contributed by atoms with van der Waals surface area (Å²) >= 11 is 0. The quantitative estimate of drug-likeness (QED) is 0.756. The van der Waals surface area contributed by atoms with E-state index < -0.39 is 15.4 Å². The molecule has 0 aliphatic carbocycles. The summed E-state index contributed by atoms with van der Waals surface area (Å²) in [6.07, 6.45) is 1.21. The average Bonchev–Trinajstić information content (AvgIpc) is 2.48. The van der Waals surface area contributed by atoms with Gasteiger partial charge in [-0.2, -0.15) is 0 Å². The molecule has 0 spiro atoms. The summed E-state index contributed by atoms with van der Waals surface area (Å²) < 4.78 is 22.9. The molecule has 0 bridgehead atoms. The van der Waals surface area contributed by atoms with Crippen LogP contribution in [-0.2, 0) is 14.6 Å². The Kier molecular flexibility index (Phi) is 4.78. The Morgan fingerprint density at radius 1 is 1.44 bits per heavy atom. The first-order chi connectivity index (χ1) is 8.17. The molecule has 1 heterocycles. The van der Waals surface area contributed by atoms with E-state index in [0.29, 0.717) is 18.9 Å². The number of carbonyl (C=O) groups is 1. The van der Waals surface area contributed by atoms with Crippen LogP contribution in [0.2, 0.25) is 0 Å². The van der Waals surface area contributed by atoms with Crippen molar-refractivity contribution in [3.8, 4) is 0 Å². The average molecular weight is 276 g/mol. The van der Waals surface area contributed by atoms with Crippen LogP contribution in [0.25, 0.3) is 0 Å². The lowest BCUT2D eigenvalue weighted by Gasteiger charge is -2.27. The summed E-state index contributed by atoms with van der Waals surface area (Å²) in [6.45, 7) is 6.17. The molecule has 1 rings (SSSR count). The summed E-state index contributed by atoms with van der Waals surface area (Å²) in [6, 6.07) is 0. The smallest absolute Gasteiger partial charge is 0.224 e. The van der Waals surface area contributed by atoms with Gasteiger partial charge in [-0.05, 0) is 25.7 Å². The molecule has 2 atom stereocenters. The fraction of sp³-hybridized carbons (Fsp3) is 0.917. The van der Waals surface area contributed by atoms with Gasteiger partial charge in [-0.3, -0.25) is 4.79 Å². The van der Waals surface area contributed by atoms with Crippen molar-refractivity contribution in [3.63, 3.8) is 0 Å². The normalized spacial score (nSPS) is 28.3. The Morgan fingerprint density at radius 2 is 2.06 bits per heavy atom. The molecule has 0 aromatic heterocycles. The summed E-state index contributed by atoms with van der Waals surface area (Å²) in [4.78, 5) is 12.1. The molecule has 106 valence electrons. The predicted octanol–water partition coefficient (Wildman–Crippen LogP) is 0.301. The first-order valence-corrected chi connectivity index (χ1v) is 8.22. The van der Waals surface area contributed by atoms with E-state index in [4.69, 9.17) is 5.73 Å². The van der Waals surface area contributed by atoms with Crippen molar-refractivity contribution in [1.82, 2.24) is 5.32 Å². The van der Waals surface area contributed by atoms with Crippen LogP contribution in [0, 0.1) is 11.8 Å². The molecular weight excluding hydrogens is 252 g/mol. The zero-order valence-electron chi connectivity index (χ0n) is 11.4. The van der Waals surface area contributed by atoms with Gasteiger partial charge >= 0.3 is 0 Å². The van der Waals surface area contributed by atoms with Crippen molar-refractivity contribution in [2.24, 2.45) is 17.6 Å². The highest BCUT2D eigenvalue weighted by molar-refractivity contribution is 7.91. The molecular formula is C12H24N2O3S. The molecule has 18 heavy (non-hydrogen) atoms. The van der Waals surface area contributed by atoms with E-state index in [2.05, 4.69) is 5.32 Å². The predicted molar refractivity (Wildman–Crippen MR) is 71.8 cm³/mol. The Balaban J connectivity index is 2.64. The van der Waals surface area contributed by atoms with Gasteiger partial charge in [-0.15, -0.1) is 0 Å². The van der Waals surface area contributed by atoms with Crippen LogP contribution < -0.4 is 11.1 Å². The van der Waals surface area contributed by atoms with Crippen molar-refractivity contribution in [3.05, 3.63) is 0 Å². The highest BCUT2D eigenvalue weighted by Crippen LogP contribution is 2.23. The second-order valence-electron chi connectivity index (χ2n) is 5.95. The first-order valence-electron chi connectivity index (χ1n) is 6.40. The van der Waals surface area contributed by atoms with Crippen LogP contribution >= 0.6 is 0 Å². The first kappa shape index (κ1) is 15.4. The van der Waals surface area contributed by atoms with Crippen molar-refractivity contribution < 1.29 is 13.2 Å². The maximum Gasteiger partial charge on any atom is 0.224 e. The molecule has 0 saturated carbocycles. The molecule has 0 aromatic carbocycles. The second-order valence-corrected chi connectivity index (χ2v) is 8.14. The summed E-state index contributed by atoms with van der Waals surface area (Å²) in [7, 11) is -3.00. The number of nitrogens with one attached hydrogen (secondary N) is 1. The van der Waals surface area contributed by atoms with Crippen LogP contribution in [0.4, 0.5) is 0 Å². The topological polar surface area (TPSA) is 89.3 Å². The van der Waals surface area contributed by atoms with Gasteiger partial charge in [0.2, 0.25) is 5.91 Å². The molecule has 1 saturated heterocycles. The van der Waals surface area contributed by atoms with Crippen molar-refractivity contribution in [2.75, 3.05) is 18.1 Å². The highest BCUT2D eigenvalue weighted by Gasteiger charge is 2.40. The largest absolute Gasteiger partial charge is 0.350 e. The molecule has 0 aromatic rings. The number of hydrogen-bond acceptors (Lipinski definition) is 4. The molecule has 6 heteroatoms. The van der Waals surface area contributed by atoms with Crippen LogP contribution in [-0.4, -0.2) is 37.9 Å². The lowest BCUT2D eigenvalue weighted by Crippen LogP contribution is -2.50. The van der Waals surface area contributed by atoms with E-state index >= 15 is 0 Å². The molecule has 2 unspecified atom stereocenters. The summed E-state index contributed by atoms with van der Waals surface area (Å²) in [5.74, 6) is 0.228. The minimum absolute atomic E-state index is 0.0325. The van der Waals surface area contributed by atoms with Gasteiger partial charge < -0.3 is 11.1 Å². The van der Waals surface area contributed by atoms with Crippen molar-refractivity contribution in [1.29, 1.82) is 0 Å². The Hall–Kier alpha value is -0.620. The molecule has 1 fully saturated rings. The van der Waals surface area contributed by atoms with Gasteiger partial charge in [-0.25, -0.2) is 8.42 Å². The Labute approximate surface area is 109 Å². The van der Waals surface area contributed by atoms with Crippen LogP contribution in [0.5, 0.6) is 0 Å².